The minimum Gasteiger partial charge on any atom is -0.419 e. The van der Waals surface area contributed by atoms with Gasteiger partial charge in [0.1, 0.15) is 0 Å². The van der Waals surface area contributed by atoms with E-state index in [1.165, 1.54) is 12.1 Å². The zero-order valence-electron chi connectivity index (χ0n) is 15.5. The number of nitro groups is 1. The van der Waals surface area contributed by atoms with Gasteiger partial charge in [-0.1, -0.05) is 36.4 Å². The molecule has 0 atom stereocenters. The number of nitro benzene ring substituents is 1. The molecule has 146 valence electrons. The largest absolute Gasteiger partial charge is 0.419 e. The van der Waals surface area contributed by atoms with E-state index in [9.17, 15) is 14.9 Å². The normalized spacial score (nSPS) is 13.5. The summed E-state index contributed by atoms with van der Waals surface area (Å²) in [6, 6.07) is 15.8. The van der Waals surface area contributed by atoms with Crippen LogP contribution in [-0.4, -0.2) is 32.0 Å². The summed E-state index contributed by atoms with van der Waals surface area (Å²) in [5.41, 5.74) is 1.36. The molecule has 29 heavy (non-hydrogen) atoms. The first-order valence-electron chi connectivity index (χ1n) is 9.21. The molecule has 1 aliphatic carbocycles. The van der Waals surface area contributed by atoms with E-state index in [2.05, 4.69) is 10.2 Å². The molecule has 8 nitrogen and oxygen atoms in total. The summed E-state index contributed by atoms with van der Waals surface area (Å²) in [4.78, 5) is 24.9. The molecule has 0 N–H and O–H groups in total. The Kier molecular flexibility index (Phi) is 5.15. The van der Waals surface area contributed by atoms with Crippen LogP contribution in [0.3, 0.4) is 0 Å². The fraction of sp³-hybridized carbons (Fsp3) is 0.190. The van der Waals surface area contributed by atoms with Crippen molar-refractivity contribution in [1.29, 1.82) is 0 Å². The van der Waals surface area contributed by atoms with Crippen LogP contribution in [0.15, 0.2) is 65.1 Å². The molecule has 0 saturated heterocycles. The quantitative estimate of drug-likeness (QED) is 0.345. The number of carbonyl (C=O) groups excluding carboxylic acids is 1. The van der Waals surface area contributed by atoms with E-state index in [4.69, 9.17) is 4.42 Å². The fourth-order valence-electron chi connectivity index (χ4n) is 2.93. The topological polar surface area (TPSA) is 102 Å². The number of rotatable bonds is 7. The van der Waals surface area contributed by atoms with Crippen LogP contribution < -0.4 is 0 Å². The third-order valence-corrected chi connectivity index (χ3v) is 4.57. The van der Waals surface area contributed by atoms with Gasteiger partial charge in [-0.2, -0.15) is 0 Å². The van der Waals surface area contributed by atoms with Crippen molar-refractivity contribution in [3.05, 3.63) is 82.2 Å². The SMILES string of the molecule is O=C(C=Cc1ccccc1)N(Cc1nnc(-c2cccc([N+](=O)[O-])c2)o1)C1CC1. The smallest absolute Gasteiger partial charge is 0.270 e. The summed E-state index contributed by atoms with van der Waals surface area (Å²) < 4.78 is 5.66. The molecule has 8 heteroatoms. The van der Waals surface area contributed by atoms with Gasteiger partial charge >= 0.3 is 0 Å². The summed E-state index contributed by atoms with van der Waals surface area (Å²) in [5, 5.41) is 18.9. The van der Waals surface area contributed by atoms with Crippen LogP contribution in [0.1, 0.15) is 24.3 Å². The molecule has 1 fully saturated rings. The van der Waals surface area contributed by atoms with Crippen molar-refractivity contribution in [1.82, 2.24) is 15.1 Å². The standard InChI is InChI=1S/C21H18N4O4/c26-20(12-9-15-5-2-1-3-6-15)24(17-10-11-17)14-19-22-23-21(29-19)16-7-4-8-18(13-16)25(27)28/h1-9,12-13,17H,10-11,14H2. The zero-order chi connectivity index (χ0) is 20.2. The van der Waals surface area contributed by atoms with Gasteiger partial charge in [0.2, 0.25) is 17.7 Å². The molecule has 0 unspecified atom stereocenters. The average Bonchev–Trinajstić information content (AvgIpc) is 3.48. The Morgan fingerprint density at radius 1 is 1.17 bits per heavy atom. The Labute approximate surface area is 166 Å². The summed E-state index contributed by atoms with van der Waals surface area (Å²) in [7, 11) is 0. The molecule has 0 spiro atoms. The van der Waals surface area contributed by atoms with Crippen LogP contribution in [0.5, 0.6) is 0 Å². The van der Waals surface area contributed by atoms with Crippen molar-refractivity contribution in [2.45, 2.75) is 25.4 Å². The molecular weight excluding hydrogens is 372 g/mol. The Balaban J connectivity index is 1.48. The Morgan fingerprint density at radius 2 is 1.97 bits per heavy atom. The second-order valence-corrected chi connectivity index (χ2v) is 6.75. The van der Waals surface area contributed by atoms with Crippen molar-refractivity contribution in [3.8, 4) is 11.5 Å². The lowest BCUT2D eigenvalue weighted by molar-refractivity contribution is -0.384. The minimum atomic E-state index is -0.479. The summed E-state index contributed by atoms with van der Waals surface area (Å²) in [5.74, 6) is 0.359. The van der Waals surface area contributed by atoms with E-state index in [-0.39, 0.29) is 30.1 Å². The van der Waals surface area contributed by atoms with E-state index in [0.717, 1.165) is 18.4 Å². The van der Waals surface area contributed by atoms with E-state index >= 15 is 0 Å². The van der Waals surface area contributed by atoms with Crippen LogP contribution in [-0.2, 0) is 11.3 Å². The maximum atomic E-state index is 12.7. The third-order valence-electron chi connectivity index (χ3n) is 4.57. The van der Waals surface area contributed by atoms with Gasteiger partial charge in [0.15, 0.2) is 0 Å². The van der Waals surface area contributed by atoms with Crippen molar-refractivity contribution in [2.24, 2.45) is 0 Å². The van der Waals surface area contributed by atoms with Crippen LogP contribution >= 0.6 is 0 Å². The average molecular weight is 390 g/mol. The van der Waals surface area contributed by atoms with E-state index < -0.39 is 4.92 Å². The highest BCUT2D eigenvalue weighted by atomic mass is 16.6. The predicted octanol–water partition coefficient (Wildman–Crippen LogP) is 3.85. The molecule has 0 bridgehead atoms. The molecule has 2 aromatic carbocycles. The van der Waals surface area contributed by atoms with Gasteiger partial charge in [0, 0.05) is 29.8 Å². The predicted molar refractivity (Wildman–Crippen MR) is 105 cm³/mol. The number of hydrogen-bond acceptors (Lipinski definition) is 6. The Hall–Kier alpha value is -3.81. The second-order valence-electron chi connectivity index (χ2n) is 6.75. The van der Waals surface area contributed by atoms with Gasteiger partial charge in [-0.3, -0.25) is 14.9 Å². The molecule has 1 aromatic heterocycles. The first-order valence-corrected chi connectivity index (χ1v) is 9.21. The van der Waals surface area contributed by atoms with Crippen LogP contribution in [0.25, 0.3) is 17.5 Å². The number of nitrogens with zero attached hydrogens (tertiary/aromatic N) is 4. The van der Waals surface area contributed by atoms with Crippen molar-refractivity contribution in [2.75, 3.05) is 0 Å². The second kappa shape index (κ2) is 8.05. The molecule has 0 aliphatic heterocycles. The Bertz CT molecular complexity index is 1060. The van der Waals surface area contributed by atoms with Gasteiger partial charge in [0.05, 0.1) is 11.5 Å². The number of hydrogen-bond donors (Lipinski definition) is 0. The molecule has 0 radical (unpaired) electrons. The van der Waals surface area contributed by atoms with E-state index in [1.54, 1.807) is 29.2 Å². The lowest BCUT2D eigenvalue weighted by atomic mass is 10.2. The van der Waals surface area contributed by atoms with Crippen LogP contribution in [0.2, 0.25) is 0 Å². The van der Waals surface area contributed by atoms with Gasteiger partial charge in [-0.25, -0.2) is 0 Å². The maximum absolute atomic E-state index is 12.7. The molecule has 1 heterocycles. The summed E-state index contributed by atoms with van der Waals surface area (Å²) >= 11 is 0. The van der Waals surface area contributed by atoms with Gasteiger partial charge in [-0.05, 0) is 30.5 Å². The molecule has 1 saturated carbocycles. The van der Waals surface area contributed by atoms with Gasteiger partial charge < -0.3 is 9.32 Å². The summed E-state index contributed by atoms with van der Waals surface area (Å²) in [6.45, 7) is 0.199. The monoisotopic (exact) mass is 390 g/mol. The van der Waals surface area contributed by atoms with Crippen LogP contribution in [0, 0.1) is 10.1 Å². The van der Waals surface area contributed by atoms with Crippen molar-refractivity contribution < 1.29 is 14.1 Å². The Morgan fingerprint density at radius 3 is 2.69 bits per heavy atom. The highest BCUT2D eigenvalue weighted by molar-refractivity contribution is 5.92. The third kappa shape index (κ3) is 4.55. The van der Waals surface area contributed by atoms with Gasteiger partial charge in [0.25, 0.3) is 5.69 Å². The van der Waals surface area contributed by atoms with Crippen LogP contribution in [0.4, 0.5) is 5.69 Å². The lowest BCUT2D eigenvalue weighted by Crippen LogP contribution is -2.31. The first-order chi connectivity index (χ1) is 14.1. The number of aromatic nitrogens is 2. The minimum absolute atomic E-state index is 0.0527. The number of carbonyl (C=O) groups is 1. The number of non-ortho nitro benzene ring substituents is 1. The highest BCUT2D eigenvalue weighted by Crippen LogP contribution is 2.29. The summed E-state index contributed by atoms with van der Waals surface area (Å²) in [6.07, 6.45) is 5.21. The first kappa shape index (κ1) is 18.5. The maximum Gasteiger partial charge on any atom is 0.270 e. The molecule has 3 aromatic rings. The number of amides is 1. The highest BCUT2D eigenvalue weighted by Gasteiger charge is 2.32. The zero-order valence-corrected chi connectivity index (χ0v) is 15.5. The molecule has 1 aliphatic rings. The molecule has 4 rings (SSSR count). The molecular formula is C21H18N4O4. The van der Waals surface area contributed by atoms with Crippen molar-refractivity contribution in [3.63, 3.8) is 0 Å². The fourth-order valence-corrected chi connectivity index (χ4v) is 2.93. The van der Waals surface area contributed by atoms with E-state index in [1.807, 2.05) is 30.3 Å². The lowest BCUT2D eigenvalue weighted by Gasteiger charge is -2.18. The van der Waals surface area contributed by atoms with E-state index in [0.29, 0.717) is 11.5 Å². The van der Waals surface area contributed by atoms with Gasteiger partial charge in [-0.15, -0.1) is 10.2 Å². The number of benzene rings is 2. The van der Waals surface area contributed by atoms with Crippen molar-refractivity contribution >= 4 is 17.7 Å². The molecule has 1 amide bonds.